The molecule has 1 saturated carbocycles. The van der Waals surface area contributed by atoms with Gasteiger partial charge < -0.3 is 10.2 Å². The molecule has 118 valence electrons. The molecule has 2 fully saturated rings. The number of nitrogens with one attached hydrogen (secondary N) is 1. The largest absolute Gasteiger partial charge is 0.354 e. The van der Waals surface area contributed by atoms with Crippen LogP contribution in [0.4, 0.5) is 5.82 Å². The molecule has 2 aliphatic rings. The first-order valence-electron chi connectivity index (χ1n) is 8.31. The highest BCUT2D eigenvalue weighted by Gasteiger charge is 2.26. The number of anilines is 1. The first kappa shape index (κ1) is 14.9. The van der Waals surface area contributed by atoms with Gasteiger partial charge in [0.25, 0.3) is 0 Å². The maximum atomic E-state index is 4.66. The van der Waals surface area contributed by atoms with Gasteiger partial charge in [-0.3, -0.25) is 9.58 Å². The summed E-state index contributed by atoms with van der Waals surface area (Å²) in [5.41, 5.74) is 2.56. The zero-order chi connectivity index (χ0) is 15.0. The van der Waals surface area contributed by atoms with Crippen molar-refractivity contribution >= 4 is 5.82 Å². The van der Waals surface area contributed by atoms with Crippen LogP contribution in [0.25, 0.3) is 0 Å². The van der Waals surface area contributed by atoms with Crippen LogP contribution in [0, 0.1) is 6.92 Å². The van der Waals surface area contributed by atoms with E-state index in [-0.39, 0.29) is 0 Å². The van der Waals surface area contributed by atoms with Crippen LogP contribution in [0.2, 0.25) is 0 Å². The standard InChI is InChI=1S/C16H29N5/c1-12(2)20-7-9-21(10-8-20)16-15(11-17-14-5-6-14)13(3)18-19(16)4/h12,14,17H,5-11H2,1-4H3. The van der Waals surface area contributed by atoms with Gasteiger partial charge >= 0.3 is 0 Å². The van der Waals surface area contributed by atoms with E-state index in [9.17, 15) is 0 Å². The van der Waals surface area contributed by atoms with Gasteiger partial charge in [-0.15, -0.1) is 0 Å². The molecule has 21 heavy (non-hydrogen) atoms. The van der Waals surface area contributed by atoms with Crippen molar-refractivity contribution in [3.05, 3.63) is 11.3 Å². The Morgan fingerprint density at radius 3 is 2.43 bits per heavy atom. The van der Waals surface area contributed by atoms with Crippen LogP contribution in [-0.4, -0.2) is 52.9 Å². The molecule has 0 aromatic carbocycles. The summed E-state index contributed by atoms with van der Waals surface area (Å²) in [5, 5.41) is 8.30. The average Bonchev–Trinajstić information content (AvgIpc) is 3.22. The second kappa shape index (κ2) is 5.97. The molecule has 0 spiro atoms. The van der Waals surface area contributed by atoms with E-state index in [1.165, 1.54) is 29.9 Å². The van der Waals surface area contributed by atoms with Gasteiger partial charge in [-0.25, -0.2) is 0 Å². The highest BCUT2D eigenvalue weighted by atomic mass is 15.4. The third-order valence-electron chi connectivity index (χ3n) is 4.80. The van der Waals surface area contributed by atoms with E-state index in [0.29, 0.717) is 6.04 Å². The SMILES string of the molecule is Cc1nn(C)c(N2CCN(C(C)C)CC2)c1CNC1CC1. The summed E-state index contributed by atoms with van der Waals surface area (Å²) in [6, 6.07) is 1.40. The number of aryl methyl sites for hydroxylation is 2. The Morgan fingerprint density at radius 1 is 1.19 bits per heavy atom. The van der Waals surface area contributed by atoms with Crippen LogP contribution in [-0.2, 0) is 13.6 Å². The number of aromatic nitrogens is 2. The van der Waals surface area contributed by atoms with Crippen LogP contribution in [0.5, 0.6) is 0 Å². The molecule has 0 atom stereocenters. The Balaban J connectivity index is 1.71. The third-order valence-corrected chi connectivity index (χ3v) is 4.80. The summed E-state index contributed by atoms with van der Waals surface area (Å²) >= 11 is 0. The lowest BCUT2D eigenvalue weighted by Gasteiger charge is -2.38. The Bertz CT molecular complexity index is 481. The molecule has 2 heterocycles. The van der Waals surface area contributed by atoms with Gasteiger partial charge in [0, 0.05) is 57.4 Å². The van der Waals surface area contributed by atoms with Crippen LogP contribution in [0.1, 0.15) is 37.9 Å². The monoisotopic (exact) mass is 291 g/mol. The topological polar surface area (TPSA) is 36.3 Å². The predicted octanol–water partition coefficient (Wildman–Crippen LogP) is 1.51. The fourth-order valence-electron chi connectivity index (χ4n) is 3.28. The lowest BCUT2D eigenvalue weighted by molar-refractivity contribution is 0.208. The Morgan fingerprint density at radius 2 is 1.86 bits per heavy atom. The molecule has 0 amide bonds. The molecule has 5 heteroatoms. The molecule has 0 unspecified atom stereocenters. The molecule has 1 aromatic heterocycles. The summed E-state index contributed by atoms with van der Waals surface area (Å²) in [7, 11) is 2.08. The Hall–Kier alpha value is -1.07. The van der Waals surface area contributed by atoms with Gasteiger partial charge in [-0.05, 0) is 33.6 Å². The van der Waals surface area contributed by atoms with Crippen molar-refractivity contribution in [2.45, 2.75) is 52.2 Å². The van der Waals surface area contributed by atoms with E-state index in [1.54, 1.807) is 0 Å². The van der Waals surface area contributed by atoms with Crippen LogP contribution in [0.3, 0.4) is 0 Å². The zero-order valence-corrected chi connectivity index (χ0v) is 13.9. The lowest BCUT2D eigenvalue weighted by atomic mass is 10.2. The van der Waals surface area contributed by atoms with Crippen LogP contribution < -0.4 is 10.2 Å². The maximum absolute atomic E-state index is 4.66. The van der Waals surface area contributed by atoms with Gasteiger partial charge in [0.05, 0.1) is 5.69 Å². The maximum Gasteiger partial charge on any atom is 0.131 e. The third kappa shape index (κ3) is 3.24. The van der Waals surface area contributed by atoms with Crippen molar-refractivity contribution in [2.24, 2.45) is 7.05 Å². The highest BCUT2D eigenvalue weighted by molar-refractivity contribution is 5.50. The first-order valence-corrected chi connectivity index (χ1v) is 8.31. The zero-order valence-electron chi connectivity index (χ0n) is 13.9. The van der Waals surface area contributed by atoms with Crippen molar-refractivity contribution in [2.75, 3.05) is 31.1 Å². The normalized spacial score (nSPS) is 20.5. The minimum Gasteiger partial charge on any atom is -0.354 e. The smallest absolute Gasteiger partial charge is 0.131 e. The van der Waals surface area contributed by atoms with Crippen molar-refractivity contribution < 1.29 is 0 Å². The number of piperazine rings is 1. The average molecular weight is 291 g/mol. The van der Waals surface area contributed by atoms with E-state index >= 15 is 0 Å². The number of hydrogen-bond donors (Lipinski definition) is 1. The Labute approximate surface area is 128 Å². The molecule has 1 saturated heterocycles. The number of nitrogens with zero attached hydrogens (tertiary/aromatic N) is 4. The first-order chi connectivity index (χ1) is 10.1. The Kier molecular flexibility index (Phi) is 4.22. The molecule has 1 aliphatic carbocycles. The van der Waals surface area contributed by atoms with Gasteiger partial charge in [0.15, 0.2) is 0 Å². The van der Waals surface area contributed by atoms with Gasteiger partial charge in [-0.2, -0.15) is 5.10 Å². The molecule has 0 bridgehead atoms. The van der Waals surface area contributed by atoms with E-state index in [0.717, 1.165) is 38.8 Å². The van der Waals surface area contributed by atoms with Crippen molar-refractivity contribution in [3.8, 4) is 0 Å². The summed E-state index contributed by atoms with van der Waals surface area (Å²) < 4.78 is 2.07. The molecule has 1 aliphatic heterocycles. The van der Waals surface area contributed by atoms with Crippen molar-refractivity contribution in [1.82, 2.24) is 20.0 Å². The van der Waals surface area contributed by atoms with E-state index in [4.69, 9.17) is 0 Å². The molecule has 1 aromatic rings. The van der Waals surface area contributed by atoms with Crippen LogP contribution in [0.15, 0.2) is 0 Å². The van der Waals surface area contributed by atoms with Gasteiger partial charge in [0.1, 0.15) is 5.82 Å². The quantitative estimate of drug-likeness (QED) is 0.892. The summed E-state index contributed by atoms with van der Waals surface area (Å²) in [6.45, 7) is 12.2. The predicted molar refractivity (Wildman–Crippen MR) is 86.7 cm³/mol. The summed E-state index contributed by atoms with van der Waals surface area (Å²) in [5.74, 6) is 1.32. The minimum absolute atomic E-state index is 0.649. The summed E-state index contributed by atoms with van der Waals surface area (Å²) in [6.07, 6.45) is 2.67. The molecule has 0 radical (unpaired) electrons. The van der Waals surface area contributed by atoms with Crippen molar-refractivity contribution in [1.29, 1.82) is 0 Å². The molecular weight excluding hydrogens is 262 g/mol. The van der Waals surface area contributed by atoms with E-state index in [1.807, 2.05) is 0 Å². The number of hydrogen-bond acceptors (Lipinski definition) is 4. The molecule has 1 N–H and O–H groups in total. The second-order valence-electron chi connectivity index (χ2n) is 6.78. The fraction of sp³-hybridized carbons (Fsp3) is 0.812. The van der Waals surface area contributed by atoms with E-state index < -0.39 is 0 Å². The molecule has 3 rings (SSSR count). The highest BCUT2D eigenvalue weighted by Crippen LogP contribution is 2.26. The van der Waals surface area contributed by atoms with Crippen LogP contribution >= 0.6 is 0 Å². The number of rotatable bonds is 5. The van der Waals surface area contributed by atoms with Gasteiger partial charge in [0.2, 0.25) is 0 Å². The van der Waals surface area contributed by atoms with Crippen molar-refractivity contribution in [3.63, 3.8) is 0 Å². The minimum atomic E-state index is 0.649. The fourth-order valence-corrected chi connectivity index (χ4v) is 3.28. The lowest BCUT2D eigenvalue weighted by Crippen LogP contribution is -2.49. The molecular formula is C16H29N5. The summed E-state index contributed by atoms with van der Waals surface area (Å²) in [4.78, 5) is 5.07. The van der Waals surface area contributed by atoms with E-state index in [2.05, 4.69) is 52.7 Å². The second-order valence-corrected chi connectivity index (χ2v) is 6.78. The molecule has 5 nitrogen and oxygen atoms in total. The van der Waals surface area contributed by atoms with Gasteiger partial charge in [-0.1, -0.05) is 0 Å².